The Bertz CT molecular complexity index is 1060. The second kappa shape index (κ2) is 10.00. The summed E-state index contributed by atoms with van der Waals surface area (Å²) in [4.78, 5) is 29.1. The topological polar surface area (TPSA) is 90.5 Å². The Morgan fingerprint density at radius 1 is 1.15 bits per heavy atom. The van der Waals surface area contributed by atoms with E-state index in [-0.39, 0.29) is 56.1 Å². The van der Waals surface area contributed by atoms with Crippen LogP contribution in [-0.2, 0) is 35.2 Å². The van der Waals surface area contributed by atoms with Gasteiger partial charge in [-0.15, -0.1) is 12.4 Å². The number of alkyl halides is 3. The quantitative estimate of drug-likeness (QED) is 0.387. The summed E-state index contributed by atoms with van der Waals surface area (Å²) in [5, 5.41) is 0. The molecular formula is C19H19ClF6N4O3. The van der Waals surface area contributed by atoms with Gasteiger partial charge >= 0.3 is 12.1 Å². The number of halogens is 7. The van der Waals surface area contributed by atoms with Crippen molar-refractivity contribution in [3.05, 3.63) is 52.4 Å². The average Bonchev–Trinajstić information content (AvgIpc) is 3.10. The van der Waals surface area contributed by atoms with Crippen LogP contribution in [0.2, 0.25) is 0 Å². The lowest BCUT2D eigenvalue weighted by molar-refractivity contribution is -0.148. The third-order valence-electron chi connectivity index (χ3n) is 5.00. The van der Waals surface area contributed by atoms with Crippen LogP contribution in [0.3, 0.4) is 0 Å². The van der Waals surface area contributed by atoms with E-state index in [9.17, 15) is 35.9 Å². The van der Waals surface area contributed by atoms with Crippen LogP contribution < -0.4 is 5.73 Å². The van der Waals surface area contributed by atoms with Gasteiger partial charge in [-0.3, -0.25) is 4.79 Å². The van der Waals surface area contributed by atoms with Crippen LogP contribution in [0, 0.1) is 17.5 Å². The zero-order valence-corrected chi connectivity index (χ0v) is 17.9. The van der Waals surface area contributed by atoms with E-state index in [1.165, 1.54) is 4.90 Å². The molecule has 182 valence electrons. The number of rotatable bonds is 5. The van der Waals surface area contributed by atoms with Crippen LogP contribution >= 0.6 is 12.4 Å². The first kappa shape index (κ1) is 26.5. The summed E-state index contributed by atoms with van der Waals surface area (Å²) in [6.07, 6.45) is -5.43. The highest BCUT2D eigenvalue weighted by molar-refractivity contribution is 5.89. The lowest BCUT2D eigenvalue weighted by Crippen LogP contribution is -2.42. The predicted octanol–water partition coefficient (Wildman–Crippen LogP) is 2.83. The van der Waals surface area contributed by atoms with Crippen molar-refractivity contribution in [2.75, 3.05) is 13.7 Å². The number of methoxy groups -OCH3 is 1. The first-order chi connectivity index (χ1) is 14.9. The van der Waals surface area contributed by atoms with Crippen molar-refractivity contribution in [3.8, 4) is 0 Å². The van der Waals surface area contributed by atoms with E-state index in [4.69, 9.17) is 5.73 Å². The molecule has 14 heteroatoms. The van der Waals surface area contributed by atoms with Crippen molar-refractivity contribution in [3.63, 3.8) is 0 Å². The number of amides is 1. The third kappa shape index (κ3) is 5.58. The fraction of sp³-hybridized carbons (Fsp3) is 0.421. The van der Waals surface area contributed by atoms with Crippen molar-refractivity contribution >= 4 is 24.3 Å². The van der Waals surface area contributed by atoms with Crippen LogP contribution in [-0.4, -0.2) is 46.0 Å². The molecule has 3 rings (SSSR count). The molecule has 2 N–H and O–H groups in total. The van der Waals surface area contributed by atoms with Crippen molar-refractivity contribution < 1.29 is 40.7 Å². The summed E-state index contributed by atoms with van der Waals surface area (Å²) in [6.45, 7) is -0.732. The molecule has 1 atom stereocenters. The number of nitrogens with zero attached hydrogens (tertiary/aromatic N) is 3. The lowest BCUT2D eigenvalue weighted by atomic mass is 10.0. The number of benzene rings is 1. The van der Waals surface area contributed by atoms with Crippen molar-refractivity contribution in [2.45, 2.75) is 38.1 Å². The van der Waals surface area contributed by atoms with E-state index in [0.29, 0.717) is 12.1 Å². The zero-order chi connectivity index (χ0) is 23.8. The number of carbonyl (C=O) groups is 2. The third-order valence-corrected chi connectivity index (χ3v) is 5.00. The van der Waals surface area contributed by atoms with E-state index in [2.05, 4.69) is 9.72 Å². The van der Waals surface area contributed by atoms with Crippen LogP contribution in [0.4, 0.5) is 26.3 Å². The maximum atomic E-state index is 13.8. The van der Waals surface area contributed by atoms with Gasteiger partial charge in [0, 0.05) is 31.6 Å². The molecule has 1 aromatic heterocycles. The number of carbonyl (C=O) groups excluding carboxylic acids is 2. The Labute approximate surface area is 189 Å². The van der Waals surface area contributed by atoms with Crippen LogP contribution in [0.5, 0.6) is 0 Å². The highest BCUT2D eigenvalue weighted by atomic mass is 35.5. The minimum Gasteiger partial charge on any atom is -0.464 e. The molecule has 0 aliphatic carbocycles. The van der Waals surface area contributed by atoms with Crippen molar-refractivity contribution in [1.29, 1.82) is 0 Å². The summed E-state index contributed by atoms with van der Waals surface area (Å²) in [5.74, 6) is -6.57. The van der Waals surface area contributed by atoms with Gasteiger partial charge in [0.05, 0.1) is 19.3 Å². The van der Waals surface area contributed by atoms with Gasteiger partial charge in [-0.2, -0.15) is 13.2 Å². The van der Waals surface area contributed by atoms with Gasteiger partial charge < -0.3 is 19.9 Å². The van der Waals surface area contributed by atoms with Crippen LogP contribution in [0.1, 0.15) is 34.0 Å². The Morgan fingerprint density at radius 3 is 2.39 bits per heavy atom. The van der Waals surface area contributed by atoms with Gasteiger partial charge in [0.15, 0.2) is 17.3 Å². The molecule has 1 amide bonds. The molecule has 0 spiro atoms. The first-order valence-corrected chi connectivity index (χ1v) is 9.34. The molecule has 2 heterocycles. The summed E-state index contributed by atoms with van der Waals surface area (Å²) in [6, 6.07) is 0.0485. The average molecular weight is 501 g/mol. The Balaban J connectivity index is 0.00000385. The molecular weight excluding hydrogens is 482 g/mol. The minimum atomic E-state index is -4.82. The van der Waals surface area contributed by atoms with E-state index >= 15 is 0 Å². The number of hydrogen-bond donors (Lipinski definition) is 1. The zero-order valence-electron chi connectivity index (χ0n) is 17.1. The normalized spacial score (nSPS) is 14.4. The van der Waals surface area contributed by atoms with E-state index in [1.54, 1.807) is 0 Å². The summed E-state index contributed by atoms with van der Waals surface area (Å²) < 4.78 is 85.3. The monoisotopic (exact) mass is 500 g/mol. The van der Waals surface area contributed by atoms with Crippen LogP contribution in [0.15, 0.2) is 12.1 Å². The standard InChI is InChI=1S/C19H18F6N4O3.ClH/c1-32-17(31)16-14-8-28(2-3-29(14)18(27-16)19(23,24)25)15(30)6-10(26)4-9-5-12(21)13(22)7-11(9)20;/h5,7,10H,2-4,6,8,26H2,1H3;1H. The molecule has 0 bridgehead atoms. The SMILES string of the molecule is COC(=O)c1nc(C(F)(F)F)n2c1CN(C(=O)CC(N)Cc1cc(F)c(F)cc1F)CC2.Cl. The van der Waals surface area contributed by atoms with Gasteiger partial charge in [0.1, 0.15) is 5.82 Å². The number of hydrogen-bond acceptors (Lipinski definition) is 5. The number of fused-ring (bicyclic) bond motifs is 1. The molecule has 2 aromatic rings. The van der Waals surface area contributed by atoms with Gasteiger partial charge in [0.2, 0.25) is 11.7 Å². The second-order valence-corrected chi connectivity index (χ2v) is 7.21. The maximum absolute atomic E-state index is 13.8. The fourth-order valence-electron chi connectivity index (χ4n) is 3.49. The number of nitrogens with two attached hydrogens (primary N) is 1. The smallest absolute Gasteiger partial charge is 0.449 e. The van der Waals surface area contributed by atoms with Crippen molar-refractivity contribution in [1.82, 2.24) is 14.5 Å². The minimum absolute atomic E-state index is 0. The maximum Gasteiger partial charge on any atom is 0.449 e. The van der Waals surface area contributed by atoms with Crippen molar-refractivity contribution in [2.24, 2.45) is 5.73 Å². The first-order valence-electron chi connectivity index (χ1n) is 9.34. The van der Waals surface area contributed by atoms with E-state index in [0.717, 1.165) is 11.7 Å². The molecule has 1 aromatic carbocycles. The molecule has 1 aliphatic heterocycles. The van der Waals surface area contributed by atoms with Gasteiger partial charge in [0.25, 0.3) is 0 Å². The fourth-order valence-corrected chi connectivity index (χ4v) is 3.49. The van der Waals surface area contributed by atoms with Crippen LogP contribution in [0.25, 0.3) is 0 Å². The molecule has 1 unspecified atom stereocenters. The molecule has 0 saturated carbocycles. The summed E-state index contributed by atoms with van der Waals surface area (Å²) in [7, 11) is 0.990. The lowest BCUT2D eigenvalue weighted by Gasteiger charge is -2.30. The predicted molar refractivity (Wildman–Crippen MR) is 104 cm³/mol. The number of esters is 1. The molecule has 0 fully saturated rings. The number of ether oxygens (including phenoxy) is 1. The second-order valence-electron chi connectivity index (χ2n) is 7.21. The van der Waals surface area contributed by atoms with Gasteiger partial charge in [-0.1, -0.05) is 0 Å². The summed E-state index contributed by atoms with van der Waals surface area (Å²) >= 11 is 0. The Kier molecular flexibility index (Phi) is 8.01. The Morgan fingerprint density at radius 2 is 1.79 bits per heavy atom. The highest BCUT2D eigenvalue weighted by Gasteiger charge is 2.42. The summed E-state index contributed by atoms with van der Waals surface area (Å²) in [5.41, 5.74) is 4.95. The Hall–Kier alpha value is -2.80. The molecule has 1 aliphatic rings. The van der Waals surface area contributed by atoms with E-state index in [1.807, 2.05) is 0 Å². The number of aromatic nitrogens is 2. The molecule has 0 radical (unpaired) electrons. The highest BCUT2D eigenvalue weighted by Crippen LogP contribution is 2.32. The molecule has 0 saturated heterocycles. The van der Waals surface area contributed by atoms with Gasteiger partial charge in [-0.05, 0) is 18.1 Å². The largest absolute Gasteiger partial charge is 0.464 e. The molecule has 7 nitrogen and oxygen atoms in total. The number of imidazole rings is 1. The van der Waals surface area contributed by atoms with Gasteiger partial charge in [-0.25, -0.2) is 22.9 Å². The molecule has 33 heavy (non-hydrogen) atoms. The van der Waals surface area contributed by atoms with E-state index < -0.39 is 53.1 Å².